The predicted octanol–water partition coefficient (Wildman–Crippen LogP) is 4.75. The van der Waals surface area contributed by atoms with Gasteiger partial charge in [-0.25, -0.2) is 9.07 Å². The normalized spacial score (nSPS) is 12.0. The largest absolute Gasteiger partial charge is 0.508 e. The lowest BCUT2D eigenvalue weighted by Gasteiger charge is -2.04. The first kappa shape index (κ1) is 19.6. The SMILES string of the molecule is Oc1ccc(C=Nn2c(-c3ccc(F)cc3)csc2=NCc2ccccc2)c(O)c1. The Morgan fingerprint density at radius 2 is 1.73 bits per heavy atom. The molecular weight excluding hydrogens is 401 g/mol. The molecule has 1 aromatic heterocycles. The van der Waals surface area contributed by atoms with E-state index in [0.717, 1.165) is 16.8 Å². The van der Waals surface area contributed by atoms with Gasteiger partial charge in [-0.1, -0.05) is 30.3 Å². The van der Waals surface area contributed by atoms with Crippen LogP contribution in [0.2, 0.25) is 0 Å². The van der Waals surface area contributed by atoms with E-state index in [-0.39, 0.29) is 17.3 Å². The van der Waals surface area contributed by atoms with Crippen LogP contribution < -0.4 is 4.80 Å². The van der Waals surface area contributed by atoms with Gasteiger partial charge in [-0.15, -0.1) is 11.3 Å². The zero-order valence-electron chi connectivity index (χ0n) is 15.8. The Balaban J connectivity index is 1.77. The fourth-order valence-corrected chi connectivity index (χ4v) is 3.68. The van der Waals surface area contributed by atoms with Gasteiger partial charge in [-0.3, -0.25) is 4.99 Å². The van der Waals surface area contributed by atoms with Crippen molar-refractivity contribution in [1.82, 2.24) is 4.68 Å². The van der Waals surface area contributed by atoms with Crippen LogP contribution in [-0.2, 0) is 6.54 Å². The number of halogens is 1. The summed E-state index contributed by atoms with van der Waals surface area (Å²) in [7, 11) is 0. The third kappa shape index (κ3) is 4.47. The Morgan fingerprint density at radius 3 is 2.47 bits per heavy atom. The average molecular weight is 419 g/mol. The van der Waals surface area contributed by atoms with Gasteiger partial charge in [0.15, 0.2) is 0 Å². The van der Waals surface area contributed by atoms with Crippen molar-refractivity contribution in [3.63, 3.8) is 0 Å². The molecule has 0 amide bonds. The third-order valence-electron chi connectivity index (χ3n) is 4.39. The molecule has 0 aliphatic rings. The third-order valence-corrected chi connectivity index (χ3v) is 5.25. The highest BCUT2D eigenvalue weighted by molar-refractivity contribution is 7.07. The fraction of sp³-hybridized carbons (Fsp3) is 0.0435. The van der Waals surface area contributed by atoms with E-state index in [9.17, 15) is 14.6 Å². The summed E-state index contributed by atoms with van der Waals surface area (Å²) in [5, 5.41) is 25.9. The lowest BCUT2D eigenvalue weighted by Crippen LogP contribution is -2.12. The van der Waals surface area contributed by atoms with Crippen LogP contribution in [0, 0.1) is 5.82 Å². The summed E-state index contributed by atoms with van der Waals surface area (Å²) in [5.41, 5.74) is 3.06. The predicted molar refractivity (Wildman–Crippen MR) is 116 cm³/mol. The Kier molecular flexibility index (Phi) is 5.72. The second-order valence-electron chi connectivity index (χ2n) is 6.51. The van der Waals surface area contributed by atoms with Crippen molar-refractivity contribution in [2.24, 2.45) is 10.1 Å². The van der Waals surface area contributed by atoms with Gasteiger partial charge in [0.2, 0.25) is 4.80 Å². The van der Waals surface area contributed by atoms with Crippen LogP contribution in [-0.4, -0.2) is 21.1 Å². The van der Waals surface area contributed by atoms with Crippen LogP contribution in [0.3, 0.4) is 0 Å². The van der Waals surface area contributed by atoms with Gasteiger partial charge < -0.3 is 10.2 Å². The summed E-state index contributed by atoms with van der Waals surface area (Å²) in [6.45, 7) is 0.490. The van der Waals surface area contributed by atoms with Gasteiger partial charge in [0.25, 0.3) is 0 Å². The molecule has 7 heteroatoms. The molecule has 0 aliphatic carbocycles. The van der Waals surface area contributed by atoms with Crippen molar-refractivity contribution in [2.45, 2.75) is 6.54 Å². The molecule has 0 atom stereocenters. The van der Waals surface area contributed by atoms with Crippen molar-refractivity contribution >= 4 is 17.6 Å². The molecular formula is C23H18FN3O2S. The number of rotatable bonds is 5. The molecule has 1 heterocycles. The topological polar surface area (TPSA) is 70.1 Å². The van der Waals surface area contributed by atoms with Gasteiger partial charge >= 0.3 is 0 Å². The van der Waals surface area contributed by atoms with Crippen LogP contribution in [0.25, 0.3) is 11.3 Å². The quantitative estimate of drug-likeness (QED) is 0.458. The molecule has 4 rings (SSSR count). The molecule has 30 heavy (non-hydrogen) atoms. The molecule has 0 fully saturated rings. The molecule has 0 unspecified atom stereocenters. The van der Waals surface area contributed by atoms with Crippen molar-refractivity contribution in [1.29, 1.82) is 0 Å². The highest BCUT2D eigenvalue weighted by atomic mass is 32.1. The Bertz CT molecular complexity index is 1250. The fourth-order valence-electron chi connectivity index (χ4n) is 2.84. The molecule has 5 nitrogen and oxygen atoms in total. The molecule has 0 spiro atoms. The van der Waals surface area contributed by atoms with Gasteiger partial charge in [0.1, 0.15) is 17.3 Å². The summed E-state index contributed by atoms with van der Waals surface area (Å²) in [6, 6.07) is 20.3. The molecule has 0 aliphatic heterocycles. The number of benzene rings is 3. The molecule has 0 radical (unpaired) electrons. The number of aromatic nitrogens is 1. The summed E-state index contributed by atoms with van der Waals surface area (Å²) in [5.74, 6) is -0.425. The molecule has 0 bridgehead atoms. The highest BCUT2D eigenvalue weighted by Crippen LogP contribution is 2.23. The van der Waals surface area contributed by atoms with Gasteiger partial charge in [0, 0.05) is 22.6 Å². The lowest BCUT2D eigenvalue weighted by atomic mass is 10.2. The van der Waals surface area contributed by atoms with Crippen LogP contribution in [0.4, 0.5) is 4.39 Å². The number of thiazole rings is 1. The van der Waals surface area contributed by atoms with E-state index in [0.29, 0.717) is 16.9 Å². The molecule has 0 saturated carbocycles. The number of aromatic hydroxyl groups is 2. The van der Waals surface area contributed by atoms with Crippen LogP contribution in [0.5, 0.6) is 11.5 Å². The van der Waals surface area contributed by atoms with E-state index < -0.39 is 0 Å². The van der Waals surface area contributed by atoms with Crippen LogP contribution in [0.1, 0.15) is 11.1 Å². The smallest absolute Gasteiger partial charge is 0.206 e. The maximum Gasteiger partial charge on any atom is 0.206 e. The summed E-state index contributed by atoms with van der Waals surface area (Å²) < 4.78 is 15.0. The summed E-state index contributed by atoms with van der Waals surface area (Å²) in [6.07, 6.45) is 1.50. The average Bonchev–Trinajstić information content (AvgIpc) is 3.16. The summed E-state index contributed by atoms with van der Waals surface area (Å²) in [4.78, 5) is 5.34. The van der Waals surface area contributed by atoms with E-state index in [1.165, 1.54) is 41.8 Å². The van der Waals surface area contributed by atoms with E-state index in [2.05, 4.69) is 10.1 Å². The summed E-state index contributed by atoms with van der Waals surface area (Å²) >= 11 is 1.42. The Morgan fingerprint density at radius 1 is 0.967 bits per heavy atom. The monoisotopic (exact) mass is 419 g/mol. The van der Waals surface area contributed by atoms with Crippen molar-refractivity contribution in [2.75, 3.05) is 0 Å². The Hall–Kier alpha value is -3.71. The number of phenols is 2. The first-order valence-corrected chi connectivity index (χ1v) is 10.1. The zero-order chi connectivity index (χ0) is 20.9. The minimum Gasteiger partial charge on any atom is -0.508 e. The van der Waals surface area contributed by atoms with Crippen molar-refractivity contribution < 1.29 is 14.6 Å². The zero-order valence-corrected chi connectivity index (χ0v) is 16.6. The number of phenolic OH excluding ortho intramolecular Hbond substituents is 2. The maximum absolute atomic E-state index is 13.4. The lowest BCUT2D eigenvalue weighted by molar-refractivity contribution is 0.450. The minimum atomic E-state index is -0.313. The van der Waals surface area contributed by atoms with Crippen LogP contribution in [0.15, 0.2) is 88.3 Å². The van der Waals surface area contributed by atoms with Crippen molar-refractivity contribution in [3.8, 4) is 22.8 Å². The van der Waals surface area contributed by atoms with Crippen LogP contribution >= 0.6 is 11.3 Å². The minimum absolute atomic E-state index is 0.0293. The van der Waals surface area contributed by atoms with Gasteiger partial charge in [0.05, 0.1) is 18.5 Å². The van der Waals surface area contributed by atoms with Gasteiger partial charge in [-0.2, -0.15) is 5.10 Å². The number of nitrogens with zero attached hydrogens (tertiary/aromatic N) is 3. The highest BCUT2D eigenvalue weighted by Gasteiger charge is 2.08. The second-order valence-corrected chi connectivity index (χ2v) is 7.35. The van der Waals surface area contributed by atoms with Gasteiger partial charge in [-0.05, 0) is 42.0 Å². The first-order valence-electron chi connectivity index (χ1n) is 9.17. The molecule has 150 valence electrons. The molecule has 3 aromatic carbocycles. The Labute approximate surface area is 176 Å². The standard InChI is InChI=1S/C23H18FN3O2S/c24-19-9-6-17(7-10-19)21-15-30-23(25-13-16-4-2-1-3-5-16)27(21)26-14-18-8-11-20(28)12-22(18)29/h1-12,14-15,28-29H,13H2. The molecule has 2 N–H and O–H groups in total. The maximum atomic E-state index is 13.4. The molecule has 0 saturated heterocycles. The van der Waals surface area contributed by atoms with E-state index in [1.807, 2.05) is 35.7 Å². The first-order chi connectivity index (χ1) is 14.6. The van der Waals surface area contributed by atoms with Crippen molar-refractivity contribution in [3.05, 3.63) is 99.9 Å². The number of hydrogen-bond acceptors (Lipinski definition) is 5. The van der Waals surface area contributed by atoms with E-state index in [4.69, 9.17) is 0 Å². The van der Waals surface area contributed by atoms with E-state index >= 15 is 0 Å². The van der Waals surface area contributed by atoms with E-state index in [1.54, 1.807) is 22.9 Å². The molecule has 4 aromatic rings. The number of hydrogen-bond donors (Lipinski definition) is 2. The second kappa shape index (κ2) is 8.75.